The van der Waals surface area contributed by atoms with Crippen LogP contribution >= 0.6 is 0 Å². The Kier molecular flexibility index (Phi) is 7.87. The van der Waals surface area contributed by atoms with Crippen molar-refractivity contribution in [3.63, 3.8) is 0 Å². The molecule has 0 fully saturated rings. The van der Waals surface area contributed by atoms with E-state index in [0.29, 0.717) is 33.9 Å². The molecule has 0 atom stereocenters. The van der Waals surface area contributed by atoms with Crippen LogP contribution in [0.3, 0.4) is 0 Å². The minimum Gasteiger partial charge on any atom is -0.508 e. The Morgan fingerprint density at radius 1 is 0.780 bits per heavy atom. The summed E-state index contributed by atoms with van der Waals surface area (Å²) in [5.74, 6) is 0.702. The van der Waals surface area contributed by atoms with Crippen LogP contribution < -0.4 is 0 Å². The fraction of sp³-hybridized carbons (Fsp3) is 0.214. The lowest BCUT2D eigenvalue weighted by molar-refractivity contribution is 0.402. The lowest BCUT2D eigenvalue weighted by atomic mass is 9.82. The van der Waals surface area contributed by atoms with E-state index in [1.807, 2.05) is 38.4 Å². The fourth-order valence-electron chi connectivity index (χ4n) is 4.44. The first-order chi connectivity index (χ1) is 19.8. The summed E-state index contributed by atoms with van der Waals surface area (Å²) in [7, 11) is 4.01. The van der Waals surface area contributed by atoms with Gasteiger partial charge in [0.15, 0.2) is 11.6 Å². The quantitative estimate of drug-likeness (QED) is 0.208. The zero-order valence-electron chi connectivity index (χ0n) is 23.0. The van der Waals surface area contributed by atoms with Crippen LogP contribution in [-0.2, 0) is 6.54 Å². The van der Waals surface area contributed by atoms with Gasteiger partial charge in [0.25, 0.3) is 0 Å². The molecule has 0 unspecified atom stereocenters. The van der Waals surface area contributed by atoms with Crippen molar-refractivity contribution in [2.75, 3.05) is 14.1 Å². The lowest BCUT2D eigenvalue weighted by Gasteiger charge is -2.23. The summed E-state index contributed by atoms with van der Waals surface area (Å²) < 4.78 is 0. The van der Waals surface area contributed by atoms with Crippen LogP contribution in [0.4, 0.5) is 0 Å². The maximum Gasteiger partial charge on any atom is 0.173 e. The number of nitrogens with zero attached hydrogens (tertiary/aromatic N) is 11. The molecule has 5 rings (SSSR count). The SMILES string of the molecule is Cc1nnnn1/N=C/c1ccc(O)c(C(c2cccc(CN(C)C)c2)c2cc(/C=N/n3nnnc3C)ccc2O)c1. The van der Waals surface area contributed by atoms with Crippen LogP contribution in [-0.4, -0.2) is 82.3 Å². The molecule has 13 nitrogen and oxygen atoms in total. The van der Waals surface area contributed by atoms with Crippen molar-refractivity contribution in [1.82, 2.24) is 45.5 Å². The molecular weight excluding hydrogens is 522 g/mol. The van der Waals surface area contributed by atoms with Gasteiger partial charge in [-0.3, -0.25) is 0 Å². The van der Waals surface area contributed by atoms with E-state index in [1.165, 1.54) is 9.58 Å². The molecule has 3 aromatic carbocycles. The van der Waals surface area contributed by atoms with E-state index in [1.54, 1.807) is 50.5 Å². The van der Waals surface area contributed by atoms with E-state index in [2.05, 4.69) is 58.3 Å². The highest BCUT2D eigenvalue weighted by Crippen LogP contribution is 2.41. The van der Waals surface area contributed by atoms with Gasteiger partial charge < -0.3 is 15.1 Å². The van der Waals surface area contributed by atoms with Gasteiger partial charge in [-0.05, 0) is 107 Å². The molecule has 0 spiro atoms. The Bertz CT molecular complexity index is 1620. The molecule has 0 saturated carbocycles. The van der Waals surface area contributed by atoms with Crippen molar-refractivity contribution >= 4 is 12.4 Å². The molecule has 2 N–H and O–H groups in total. The van der Waals surface area contributed by atoms with E-state index in [4.69, 9.17) is 0 Å². The zero-order valence-corrected chi connectivity index (χ0v) is 23.0. The highest BCUT2D eigenvalue weighted by atomic mass is 16.3. The standard InChI is InChI=1S/C28H29N11O2/c1-18-31-33-35-38(18)29-15-20-8-10-26(40)24(13-20)28(23-7-5-6-22(12-23)17-37(3)4)25-14-21(9-11-27(25)41)16-30-39-19(2)32-34-36-39/h5-16,28,40-41H,17H2,1-4H3/b29-15+,30-16+. The van der Waals surface area contributed by atoms with Gasteiger partial charge in [-0.15, -0.1) is 19.8 Å². The minimum absolute atomic E-state index is 0.0755. The largest absolute Gasteiger partial charge is 0.508 e. The molecule has 0 amide bonds. The summed E-state index contributed by atoms with van der Waals surface area (Å²) in [6.45, 7) is 4.22. The molecule has 0 bridgehead atoms. The number of benzene rings is 3. The topological polar surface area (TPSA) is 156 Å². The van der Waals surface area contributed by atoms with E-state index in [-0.39, 0.29) is 11.5 Å². The van der Waals surface area contributed by atoms with Crippen LogP contribution in [0.1, 0.15) is 50.9 Å². The molecule has 0 aliphatic carbocycles. The highest BCUT2D eigenvalue weighted by Gasteiger charge is 2.24. The maximum absolute atomic E-state index is 11.1. The van der Waals surface area contributed by atoms with Crippen molar-refractivity contribution in [3.8, 4) is 11.5 Å². The summed E-state index contributed by atoms with van der Waals surface area (Å²) in [4.78, 5) is 4.71. The average molecular weight is 552 g/mol. The number of tetrazole rings is 2. The molecule has 0 radical (unpaired) electrons. The van der Waals surface area contributed by atoms with Crippen molar-refractivity contribution in [2.24, 2.45) is 10.2 Å². The van der Waals surface area contributed by atoms with Gasteiger partial charge >= 0.3 is 0 Å². The van der Waals surface area contributed by atoms with Gasteiger partial charge in [-0.1, -0.05) is 24.3 Å². The fourth-order valence-corrected chi connectivity index (χ4v) is 4.44. The van der Waals surface area contributed by atoms with Crippen LogP contribution in [0.15, 0.2) is 70.9 Å². The molecule has 2 heterocycles. The maximum atomic E-state index is 11.1. The summed E-state index contributed by atoms with van der Waals surface area (Å²) in [5, 5.41) is 53.5. The van der Waals surface area contributed by atoms with Gasteiger partial charge in [-0.25, -0.2) is 0 Å². The van der Waals surface area contributed by atoms with Crippen LogP contribution in [0.25, 0.3) is 0 Å². The predicted octanol–water partition coefficient (Wildman–Crippen LogP) is 2.69. The Morgan fingerprint density at radius 3 is 1.78 bits per heavy atom. The van der Waals surface area contributed by atoms with E-state index in [0.717, 1.165) is 17.7 Å². The molecule has 0 aliphatic heterocycles. The molecule has 0 aliphatic rings. The van der Waals surface area contributed by atoms with Gasteiger partial charge in [-0.2, -0.15) is 10.2 Å². The lowest BCUT2D eigenvalue weighted by Crippen LogP contribution is -2.12. The number of aryl methyl sites for hydroxylation is 2. The first-order valence-corrected chi connectivity index (χ1v) is 12.8. The second-order valence-corrected chi connectivity index (χ2v) is 9.77. The third kappa shape index (κ3) is 6.31. The van der Waals surface area contributed by atoms with Crippen LogP contribution in [0, 0.1) is 13.8 Å². The first-order valence-electron chi connectivity index (χ1n) is 12.8. The number of phenols is 2. The van der Waals surface area contributed by atoms with Crippen molar-refractivity contribution in [3.05, 3.63) is 106 Å². The summed E-state index contributed by atoms with van der Waals surface area (Å²) in [5.41, 5.74) is 4.60. The molecular formula is C28H29N11O2. The van der Waals surface area contributed by atoms with Crippen LogP contribution in [0.2, 0.25) is 0 Å². The highest BCUT2D eigenvalue weighted by molar-refractivity contribution is 5.82. The zero-order chi connectivity index (χ0) is 28.9. The Labute approximate surface area is 236 Å². The Balaban J connectivity index is 1.63. The number of rotatable bonds is 9. The van der Waals surface area contributed by atoms with Gasteiger partial charge in [0.2, 0.25) is 0 Å². The van der Waals surface area contributed by atoms with Gasteiger partial charge in [0.05, 0.1) is 12.4 Å². The smallest absolute Gasteiger partial charge is 0.173 e. The second kappa shape index (κ2) is 11.8. The molecule has 0 saturated heterocycles. The second-order valence-electron chi connectivity index (χ2n) is 9.77. The average Bonchev–Trinajstić information content (AvgIpc) is 3.56. The van der Waals surface area contributed by atoms with Gasteiger partial charge in [0, 0.05) is 23.6 Å². The normalized spacial score (nSPS) is 12.0. The number of hydrogen-bond donors (Lipinski definition) is 2. The van der Waals surface area contributed by atoms with E-state index in [9.17, 15) is 10.2 Å². The van der Waals surface area contributed by atoms with Gasteiger partial charge in [0.1, 0.15) is 11.5 Å². The predicted molar refractivity (Wildman–Crippen MR) is 152 cm³/mol. The van der Waals surface area contributed by atoms with E-state index >= 15 is 0 Å². The van der Waals surface area contributed by atoms with Crippen molar-refractivity contribution in [2.45, 2.75) is 26.3 Å². The molecule has 41 heavy (non-hydrogen) atoms. The summed E-state index contributed by atoms with van der Waals surface area (Å²) in [6, 6.07) is 18.5. The van der Waals surface area contributed by atoms with E-state index < -0.39 is 5.92 Å². The minimum atomic E-state index is -0.525. The Hall–Kier alpha value is -5.30. The third-order valence-electron chi connectivity index (χ3n) is 6.35. The molecule has 208 valence electrons. The number of phenolic OH excluding ortho intramolecular Hbond substituents is 2. The van der Waals surface area contributed by atoms with Crippen molar-refractivity contribution < 1.29 is 10.2 Å². The third-order valence-corrected chi connectivity index (χ3v) is 6.35. The molecule has 5 aromatic rings. The van der Waals surface area contributed by atoms with Crippen LogP contribution in [0.5, 0.6) is 11.5 Å². The first kappa shape index (κ1) is 27.3. The summed E-state index contributed by atoms with van der Waals surface area (Å²) in [6.07, 6.45) is 3.23. The molecule has 13 heteroatoms. The van der Waals surface area contributed by atoms with Crippen molar-refractivity contribution in [1.29, 1.82) is 0 Å². The summed E-state index contributed by atoms with van der Waals surface area (Å²) >= 11 is 0. The number of aromatic hydroxyl groups is 2. The Morgan fingerprint density at radius 2 is 1.32 bits per heavy atom. The molecule has 2 aromatic heterocycles. The monoisotopic (exact) mass is 551 g/mol. The number of hydrogen-bond acceptors (Lipinski definition) is 11. The number of aromatic nitrogens is 8.